The molecule has 0 spiro atoms. The number of hydrogen-bond acceptors (Lipinski definition) is 5. The average Bonchev–Trinajstić information content (AvgIpc) is 3.23. The fourth-order valence-corrected chi connectivity index (χ4v) is 2.67. The Kier molecular flexibility index (Phi) is 8.20. The van der Waals surface area contributed by atoms with Gasteiger partial charge in [0, 0.05) is 18.3 Å². The molecule has 1 aromatic heterocycles. The Morgan fingerprint density at radius 3 is 2.52 bits per heavy atom. The average molecular weight is 402 g/mol. The van der Waals surface area contributed by atoms with Gasteiger partial charge in [-0.2, -0.15) is 0 Å². The van der Waals surface area contributed by atoms with Gasteiger partial charge in [0.25, 0.3) is 0 Å². The van der Waals surface area contributed by atoms with Crippen LogP contribution < -0.4 is 10.6 Å². The Bertz CT molecular complexity index is 794. The van der Waals surface area contributed by atoms with Crippen molar-refractivity contribution in [2.24, 2.45) is 5.92 Å². The molecule has 0 aliphatic rings. The molecule has 0 saturated carbocycles. The van der Waals surface area contributed by atoms with Gasteiger partial charge in [-0.1, -0.05) is 50.6 Å². The van der Waals surface area contributed by atoms with Gasteiger partial charge in [0.15, 0.2) is 0 Å². The number of H-pyrrole nitrogens is 1. The summed E-state index contributed by atoms with van der Waals surface area (Å²) in [6, 6.07) is 7.08. The summed E-state index contributed by atoms with van der Waals surface area (Å²) in [7, 11) is 0. The summed E-state index contributed by atoms with van der Waals surface area (Å²) in [6.07, 6.45) is 2.84. The molecule has 2 aromatic rings. The van der Waals surface area contributed by atoms with E-state index in [9.17, 15) is 19.5 Å². The molecule has 0 saturated heterocycles. The van der Waals surface area contributed by atoms with Crippen molar-refractivity contribution in [3.05, 3.63) is 54.1 Å². The lowest BCUT2D eigenvalue weighted by molar-refractivity contribution is -0.142. The fourth-order valence-electron chi connectivity index (χ4n) is 2.67. The van der Waals surface area contributed by atoms with Crippen LogP contribution >= 0.6 is 0 Å². The number of alkyl carbamates (subject to hydrolysis) is 1. The number of nitrogens with zero attached hydrogens (tertiary/aromatic N) is 1. The van der Waals surface area contributed by atoms with Crippen molar-refractivity contribution in [1.29, 1.82) is 0 Å². The van der Waals surface area contributed by atoms with Crippen LogP contribution in [0.4, 0.5) is 4.79 Å². The molecule has 1 heterocycles. The van der Waals surface area contributed by atoms with Gasteiger partial charge >= 0.3 is 12.1 Å². The monoisotopic (exact) mass is 402 g/mol. The smallest absolute Gasteiger partial charge is 0.408 e. The van der Waals surface area contributed by atoms with E-state index in [-0.39, 0.29) is 18.9 Å². The van der Waals surface area contributed by atoms with Gasteiger partial charge in [0.2, 0.25) is 5.91 Å². The van der Waals surface area contributed by atoms with E-state index in [4.69, 9.17) is 4.74 Å². The van der Waals surface area contributed by atoms with Crippen molar-refractivity contribution in [3.8, 4) is 0 Å². The molecular weight excluding hydrogens is 376 g/mol. The van der Waals surface area contributed by atoms with Crippen LogP contribution in [-0.4, -0.2) is 45.1 Å². The van der Waals surface area contributed by atoms with Crippen LogP contribution in [0.3, 0.4) is 0 Å². The maximum atomic E-state index is 12.7. The van der Waals surface area contributed by atoms with Crippen LogP contribution in [0.5, 0.6) is 0 Å². The van der Waals surface area contributed by atoms with Crippen molar-refractivity contribution >= 4 is 18.0 Å². The van der Waals surface area contributed by atoms with E-state index in [0.717, 1.165) is 5.56 Å². The third kappa shape index (κ3) is 6.95. The first-order valence-corrected chi connectivity index (χ1v) is 9.38. The molecule has 2 amide bonds. The third-order valence-electron chi connectivity index (χ3n) is 4.58. The van der Waals surface area contributed by atoms with E-state index in [2.05, 4.69) is 20.6 Å². The van der Waals surface area contributed by atoms with Crippen molar-refractivity contribution in [1.82, 2.24) is 20.6 Å². The summed E-state index contributed by atoms with van der Waals surface area (Å²) in [5, 5.41) is 14.5. The maximum absolute atomic E-state index is 12.7. The summed E-state index contributed by atoms with van der Waals surface area (Å²) >= 11 is 0. The highest BCUT2D eigenvalue weighted by Gasteiger charge is 2.30. The van der Waals surface area contributed by atoms with Gasteiger partial charge in [-0.05, 0) is 11.5 Å². The molecule has 2 rings (SSSR count). The van der Waals surface area contributed by atoms with Crippen LogP contribution in [0.15, 0.2) is 42.9 Å². The van der Waals surface area contributed by atoms with Crippen LogP contribution in [0.2, 0.25) is 0 Å². The number of ether oxygens (including phenoxy) is 1. The Balaban J connectivity index is 1.98. The van der Waals surface area contributed by atoms with Crippen LogP contribution in [0.1, 0.15) is 31.5 Å². The zero-order chi connectivity index (χ0) is 21.2. The lowest BCUT2D eigenvalue weighted by Crippen LogP contribution is -2.54. The first kappa shape index (κ1) is 21.9. The number of aromatic amines is 1. The van der Waals surface area contributed by atoms with Crippen LogP contribution in [0.25, 0.3) is 0 Å². The SMILES string of the molecule is CC[C@H](C)[C@H](NC(=O)OCc1ccccc1)C(=O)N[C@@H](Cc1cnc[nH]1)C(=O)O. The van der Waals surface area contributed by atoms with Gasteiger partial charge in [0.1, 0.15) is 18.7 Å². The molecule has 9 nitrogen and oxygen atoms in total. The number of rotatable bonds is 10. The normalized spacial score (nSPS) is 13.7. The van der Waals surface area contributed by atoms with E-state index in [1.54, 1.807) is 6.92 Å². The van der Waals surface area contributed by atoms with Gasteiger partial charge in [-0.25, -0.2) is 14.6 Å². The topological polar surface area (TPSA) is 133 Å². The quantitative estimate of drug-likeness (QED) is 0.479. The number of carbonyl (C=O) groups excluding carboxylic acids is 2. The zero-order valence-electron chi connectivity index (χ0n) is 16.4. The Morgan fingerprint density at radius 2 is 1.93 bits per heavy atom. The molecule has 3 atom stereocenters. The van der Waals surface area contributed by atoms with Gasteiger partial charge in [-0.3, -0.25) is 4.79 Å². The van der Waals surface area contributed by atoms with Gasteiger partial charge in [0.05, 0.1) is 6.33 Å². The standard InChI is InChI=1S/C20H26N4O5/c1-3-13(2)17(24-20(28)29-11-14-7-5-4-6-8-14)18(25)23-16(19(26)27)9-15-10-21-12-22-15/h4-8,10,12-13,16-17H,3,9,11H2,1-2H3,(H,21,22)(H,23,25)(H,24,28)(H,26,27)/t13-,16-,17-/m0/s1. The number of hydrogen-bond donors (Lipinski definition) is 4. The molecule has 29 heavy (non-hydrogen) atoms. The summed E-state index contributed by atoms with van der Waals surface area (Å²) in [5.41, 5.74) is 1.39. The van der Waals surface area contributed by atoms with Crippen molar-refractivity contribution in [2.75, 3.05) is 0 Å². The van der Waals surface area contributed by atoms with Crippen molar-refractivity contribution in [3.63, 3.8) is 0 Å². The number of carboxylic acids is 1. The summed E-state index contributed by atoms with van der Waals surface area (Å²) in [5.74, 6) is -1.98. The zero-order valence-corrected chi connectivity index (χ0v) is 16.4. The highest BCUT2D eigenvalue weighted by Crippen LogP contribution is 2.10. The lowest BCUT2D eigenvalue weighted by Gasteiger charge is -2.25. The van der Waals surface area contributed by atoms with E-state index in [1.165, 1.54) is 12.5 Å². The number of carboxylic acid groups (broad SMARTS) is 1. The predicted molar refractivity (Wildman–Crippen MR) is 105 cm³/mol. The molecule has 0 aliphatic carbocycles. The summed E-state index contributed by atoms with van der Waals surface area (Å²) in [6.45, 7) is 3.74. The molecule has 1 aromatic carbocycles. The van der Waals surface area contributed by atoms with E-state index < -0.39 is 30.1 Å². The number of imidazole rings is 1. The Labute approximate surface area is 168 Å². The summed E-state index contributed by atoms with van der Waals surface area (Å²) in [4.78, 5) is 43.1. The number of nitrogens with one attached hydrogen (secondary N) is 3. The van der Waals surface area contributed by atoms with Crippen molar-refractivity contribution in [2.45, 2.75) is 45.4 Å². The molecule has 0 fully saturated rings. The van der Waals surface area contributed by atoms with E-state index >= 15 is 0 Å². The number of aliphatic carboxylic acids is 1. The van der Waals surface area contributed by atoms with Gasteiger partial charge in [-0.15, -0.1) is 0 Å². The minimum Gasteiger partial charge on any atom is -0.480 e. The second kappa shape index (κ2) is 10.8. The second-order valence-electron chi connectivity index (χ2n) is 6.75. The molecule has 4 N–H and O–H groups in total. The third-order valence-corrected chi connectivity index (χ3v) is 4.58. The number of carbonyl (C=O) groups is 3. The van der Waals surface area contributed by atoms with E-state index in [0.29, 0.717) is 12.1 Å². The molecule has 0 bridgehead atoms. The fraction of sp³-hybridized carbons (Fsp3) is 0.400. The van der Waals surface area contributed by atoms with E-state index in [1.807, 2.05) is 37.3 Å². The Hall–Kier alpha value is -3.36. The number of amides is 2. The largest absolute Gasteiger partial charge is 0.480 e. The molecule has 156 valence electrons. The Morgan fingerprint density at radius 1 is 1.21 bits per heavy atom. The van der Waals surface area contributed by atoms with Crippen LogP contribution in [-0.2, 0) is 27.4 Å². The molecule has 0 aliphatic heterocycles. The minimum atomic E-state index is -1.18. The molecule has 9 heteroatoms. The predicted octanol–water partition coefficient (Wildman–Crippen LogP) is 1.86. The maximum Gasteiger partial charge on any atom is 0.408 e. The second-order valence-corrected chi connectivity index (χ2v) is 6.75. The molecule has 0 unspecified atom stereocenters. The summed E-state index contributed by atoms with van der Waals surface area (Å²) < 4.78 is 5.18. The minimum absolute atomic E-state index is 0.0484. The molecular formula is C20H26N4O5. The lowest BCUT2D eigenvalue weighted by atomic mass is 9.98. The molecule has 0 radical (unpaired) electrons. The van der Waals surface area contributed by atoms with Gasteiger partial charge < -0.3 is 25.5 Å². The number of benzene rings is 1. The highest BCUT2D eigenvalue weighted by atomic mass is 16.5. The number of aromatic nitrogens is 2. The first-order valence-electron chi connectivity index (χ1n) is 9.38. The van der Waals surface area contributed by atoms with Crippen molar-refractivity contribution < 1.29 is 24.2 Å². The first-order chi connectivity index (χ1) is 13.9. The van der Waals surface area contributed by atoms with Crippen LogP contribution in [0, 0.1) is 5.92 Å². The highest BCUT2D eigenvalue weighted by molar-refractivity contribution is 5.89.